The van der Waals surface area contributed by atoms with Gasteiger partial charge >= 0.3 is 0 Å². The monoisotopic (exact) mass is 373 g/mol. The number of rotatable bonds is 10. The highest BCUT2D eigenvalue weighted by molar-refractivity contribution is 14.0. The average Bonchev–Trinajstić information content (AvgIpc) is 2.36. The number of nitrogens with one attached hydrogen (secondary N) is 2. The van der Waals surface area contributed by atoms with Gasteiger partial charge in [-0.15, -0.1) is 24.0 Å². The topological polar surface area (TPSA) is 54.9 Å². The normalized spacial score (nSPS) is 10.9. The van der Waals surface area contributed by atoms with Gasteiger partial charge in [0.25, 0.3) is 0 Å². The second kappa shape index (κ2) is 16.9. The van der Waals surface area contributed by atoms with E-state index in [4.69, 9.17) is 9.47 Å². The Hall–Kier alpha value is -0.0800. The van der Waals surface area contributed by atoms with E-state index in [-0.39, 0.29) is 24.0 Å². The summed E-state index contributed by atoms with van der Waals surface area (Å²) in [7, 11) is 3.47. The van der Waals surface area contributed by atoms with Crippen LogP contribution in [0.2, 0.25) is 0 Å². The van der Waals surface area contributed by atoms with Crippen molar-refractivity contribution in [1.82, 2.24) is 10.6 Å². The van der Waals surface area contributed by atoms with Crippen molar-refractivity contribution in [2.24, 2.45) is 4.99 Å². The summed E-state index contributed by atoms with van der Waals surface area (Å²) in [5.41, 5.74) is 0. The quantitative estimate of drug-likeness (QED) is 0.265. The first kappa shape index (κ1) is 20.2. The minimum Gasteiger partial charge on any atom is -0.382 e. The van der Waals surface area contributed by atoms with Gasteiger partial charge in [-0.05, 0) is 19.3 Å². The third-order valence-corrected chi connectivity index (χ3v) is 2.21. The summed E-state index contributed by atoms with van der Waals surface area (Å²) < 4.78 is 10.3. The number of unbranched alkanes of at least 4 members (excludes halogenated alkanes) is 1. The van der Waals surface area contributed by atoms with Crippen LogP contribution in [0.15, 0.2) is 4.99 Å². The maximum atomic E-state index is 5.37. The van der Waals surface area contributed by atoms with Crippen molar-refractivity contribution in [3.05, 3.63) is 0 Å². The minimum atomic E-state index is 0. The molecule has 0 spiro atoms. The molecule has 0 aromatic rings. The van der Waals surface area contributed by atoms with Crippen LogP contribution >= 0.6 is 24.0 Å². The molecule has 0 aliphatic carbocycles. The molecule has 0 saturated heterocycles. The Kier molecular flexibility index (Phi) is 19.0. The number of aliphatic imine (C=N–C) groups is 1. The largest absolute Gasteiger partial charge is 0.382 e. The zero-order chi connectivity index (χ0) is 12.8. The van der Waals surface area contributed by atoms with Crippen LogP contribution in [0.25, 0.3) is 0 Å². The van der Waals surface area contributed by atoms with E-state index >= 15 is 0 Å². The highest BCUT2D eigenvalue weighted by atomic mass is 127. The van der Waals surface area contributed by atoms with E-state index in [9.17, 15) is 0 Å². The lowest BCUT2D eigenvalue weighted by molar-refractivity contribution is 0.0689. The highest BCUT2D eigenvalue weighted by Crippen LogP contribution is 1.88. The summed E-state index contributed by atoms with van der Waals surface area (Å²) in [6.45, 7) is 6.18. The molecule has 0 aromatic carbocycles. The molecule has 0 amide bonds. The predicted octanol–water partition coefficient (Wildman–Crippen LogP) is 1.62. The van der Waals surface area contributed by atoms with Crippen LogP contribution in [0.1, 0.15) is 26.2 Å². The van der Waals surface area contributed by atoms with E-state index in [0.717, 1.165) is 44.9 Å². The molecular weight excluding hydrogens is 345 g/mol. The molecule has 0 heterocycles. The van der Waals surface area contributed by atoms with Gasteiger partial charge < -0.3 is 20.1 Å². The van der Waals surface area contributed by atoms with Gasteiger partial charge in [-0.3, -0.25) is 4.99 Å². The smallest absolute Gasteiger partial charge is 0.190 e. The molecule has 0 aliphatic rings. The van der Waals surface area contributed by atoms with Crippen molar-refractivity contribution in [3.8, 4) is 0 Å². The molecule has 0 radical (unpaired) electrons. The molecule has 0 fully saturated rings. The van der Waals surface area contributed by atoms with Gasteiger partial charge in [0.2, 0.25) is 0 Å². The second-order valence-corrected chi connectivity index (χ2v) is 3.74. The minimum absolute atomic E-state index is 0. The number of halogens is 1. The van der Waals surface area contributed by atoms with Gasteiger partial charge in [0.05, 0.1) is 13.2 Å². The number of ether oxygens (including phenoxy) is 2. The average molecular weight is 373 g/mol. The summed E-state index contributed by atoms with van der Waals surface area (Å²) >= 11 is 0. The molecular formula is C12H28IN3O2. The first-order valence-corrected chi connectivity index (χ1v) is 6.36. The summed E-state index contributed by atoms with van der Waals surface area (Å²) in [4.78, 5) is 4.13. The van der Waals surface area contributed by atoms with Crippen LogP contribution in [0.4, 0.5) is 0 Å². The van der Waals surface area contributed by atoms with Crippen molar-refractivity contribution in [2.45, 2.75) is 26.2 Å². The zero-order valence-corrected chi connectivity index (χ0v) is 14.2. The SMILES string of the molecule is CCCNC(=NC)NCCCCOCCOC.I. The molecule has 0 aliphatic heterocycles. The molecule has 2 N–H and O–H groups in total. The van der Waals surface area contributed by atoms with Crippen molar-refractivity contribution >= 4 is 29.9 Å². The molecule has 0 saturated carbocycles. The standard InChI is InChI=1S/C12H27N3O2.HI/c1-4-7-14-12(13-2)15-8-5-6-9-17-11-10-16-3;/h4-11H2,1-3H3,(H2,13,14,15);1H. The number of methoxy groups -OCH3 is 1. The lowest BCUT2D eigenvalue weighted by Gasteiger charge is -2.10. The van der Waals surface area contributed by atoms with Gasteiger partial charge in [-0.25, -0.2) is 0 Å². The number of nitrogens with zero attached hydrogens (tertiary/aromatic N) is 1. The van der Waals surface area contributed by atoms with Crippen LogP contribution < -0.4 is 10.6 Å². The summed E-state index contributed by atoms with van der Waals surface area (Å²) in [5, 5.41) is 6.49. The second-order valence-electron chi connectivity index (χ2n) is 3.74. The highest BCUT2D eigenvalue weighted by Gasteiger charge is 1.95. The van der Waals surface area contributed by atoms with Crippen LogP contribution in [0, 0.1) is 0 Å². The van der Waals surface area contributed by atoms with E-state index in [0.29, 0.717) is 13.2 Å². The van der Waals surface area contributed by atoms with Gasteiger partial charge in [-0.1, -0.05) is 6.92 Å². The van der Waals surface area contributed by atoms with Crippen LogP contribution in [-0.2, 0) is 9.47 Å². The van der Waals surface area contributed by atoms with Crippen LogP contribution in [-0.4, -0.2) is 53.0 Å². The molecule has 18 heavy (non-hydrogen) atoms. The fourth-order valence-corrected chi connectivity index (χ4v) is 1.24. The molecule has 0 unspecified atom stereocenters. The molecule has 0 bridgehead atoms. The summed E-state index contributed by atoms with van der Waals surface area (Å²) in [5.74, 6) is 0.882. The number of guanidine groups is 1. The van der Waals surface area contributed by atoms with E-state index in [2.05, 4.69) is 22.5 Å². The Labute approximate surface area is 128 Å². The van der Waals surface area contributed by atoms with Crippen LogP contribution in [0.5, 0.6) is 0 Å². The Balaban J connectivity index is 0. The van der Waals surface area contributed by atoms with E-state index in [1.165, 1.54) is 0 Å². The first-order chi connectivity index (χ1) is 8.35. The third-order valence-electron chi connectivity index (χ3n) is 2.21. The Morgan fingerprint density at radius 2 is 1.78 bits per heavy atom. The maximum Gasteiger partial charge on any atom is 0.190 e. The summed E-state index contributed by atoms with van der Waals surface area (Å²) in [6.07, 6.45) is 3.25. The molecule has 0 atom stereocenters. The van der Waals surface area contributed by atoms with E-state index in [1.54, 1.807) is 14.2 Å². The third kappa shape index (κ3) is 14.0. The lowest BCUT2D eigenvalue weighted by atomic mass is 10.3. The zero-order valence-electron chi connectivity index (χ0n) is 11.8. The summed E-state index contributed by atoms with van der Waals surface area (Å²) in [6, 6.07) is 0. The first-order valence-electron chi connectivity index (χ1n) is 6.36. The van der Waals surface area contributed by atoms with Crippen molar-refractivity contribution in [3.63, 3.8) is 0 Å². The van der Waals surface area contributed by atoms with Crippen molar-refractivity contribution in [2.75, 3.05) is 47.1 Å². The maximum absolute atomic E-state index is 5.37. The molecule has 6 heteroatoms. The van der Waals surface area contributed by atoms with E-state index in [1.807, 2.05) is 0 Å². The molecule has 0 aromatic heterocycles. The van der Waals surface area contributed by atoms with Gasteiger partial charge in [-0.2, -0.15) is 0 Å². The molecule has 0 rings (SSSR count). The van der Waals surface area contributed by atoms with Crippen LogP contribution in [0.3, 0.4) is 0 Å². The Morgan fingerprint density at radius 1 is 1.06 bits per heavy atom. The van der Waals surface area contributed by atoms with Gasteiger partial charge in [0, 0.05) is 33.9 Å². The Bertz CT molecular complexity index is 192. The predicted molar refractivity (Wildman–Crippen MR) is 87.0 cm³/mol. The number of hydrogen-bond donors (Lipinski definition) is 2. The van der Waals surface area contributed by atoms with Crippen molar-refractivity contribution in [1.29, 1.82) is 0 Å². The Morgan fingerprint density at radius 3 is 2.39 bits per heavy atom. The van der Waals surface area contributed by atoms with Crippen molar-refractivity contribution < 1.29 is 9.47 Å². The molecule has 110 valence electrons. The van der Waals surface area contributed by atoms with Gasteiger partial charge in [0.1, 0.15) is 0 Å². The number of hydrogen-bond acceptors (Lipinski definition) is 3. The molecule has 5 nitrogen and oxygen atoms in total. The van der Waals surface area contributed by atoms with Gasteiger partial charge in [0.15, 0.2) is 5.96 Å². The van der Waals surface area contributed by atoms with E-state index < -0.39 is 0 Å². The fraction of sp³-hybridized carbons (Fsp3) is 0.917. The fourth-order valence-electron chi connectivity index (χ4n) is 1.24. The lowest BCUT2D eigenvalue weighted by Crippen LogP contribution is -2.38.